The first-order valence-corrected chi connectivity index (χ1v) is 6.14. The normalized spacial score (nSPS) is 12.7. The van der Waals surface area contributed by atoms with Crippen LogP contribution < -0.4 is 5.73 Å². The van der Waals surface area contributed by atoms with Crippen molar-refractivity contribution in [3.05, 3.63) is 35.4 Å². The molecule has 2 nitrogen and oxygen atoms in total. The molecular weight excluding hydrogens is 198 g/mol. The summed E-state index contributed by atoms with van der Waals surface area (Å²) >= 11 is 0. The Morgan fingerprint density at radius 2 is 2.12 bits per heavy atom. The van der Waals surface area contributed by atoms with Crippen LogP contribution in [0.4, 0.5) is 0 Å². The van der Waals surface area contributed by atoms with Crippen molar-refractivity contribution < 1.29 is 4.74 Å². The number of nitrogens with two attached hydrogens (primary N) is 1. The highest BCUT2D eigenvalue weighted by Crippen LogP contribution is 2.15. The molecular formula is C14H23NO. The average molecular weight is 221 g/mol. The Morgan fingerprint density at radius 3 is 2.81 bits per heavy atom. The van der Waals surface area contributed by atoms with Crippen LogP contribution in [0.1, 0.15) is 43.4 Å². The lowest BCUT2D eigenvalue weighted by molar-refractivity contribution is 0.124. The molecule has 1 unspecified atom stereocenters. The third kappa shape index (κ3) is 4.77. The van der Waals surface area contributed by atoms with E-state index in [9.17, 15) is 0 Å². The molecule has 0 spiro atoms. The van der Waals surface area contributed by atoms with Gasteiger partial charge in [-0.15, -0.1) is 0 Å². The Kier molecular flexibility index (Phi) is 6.12. The molecule has 1 aromatic rings. The molecule has 0 saturated carbocycles. The summed E-state index contributed by atoms with van der Waals surface area (Å²) in [5.74, 6) is 0. The van der Waals surface area contributed by atoms with Crippen LogP contribution in [0.15, 0.2) is 24.3 Å². The van der Waals surface area contributed by atoms with Gasteiger partial charge in [0, 0.05) is 19.3 Å². The third-order valence-corrected chi connectivity index (χ3v) is 2.69. The second kappa shape index (κ2) is 7.42. The van der Waals surface area contributed by atoms with Crippen LogP contribution >= 0.6 is 0 Å². The van der Waals surface area contributed by atoms with Crippen molar-refractivity contribution in [2.45, 2.75) is 39.2 Å². The van der Waals surface area contributed by atoms with Gasteiger partial charge in [-0.05, 0) is 25.3 Å². The molecule has 0 bridgehead atoms. The number of benzene rings is 1. The monoisotopic (exact) mass is 221 g/mol. The first-order chi connectivity index (χ1) is 7.74. The molecule has 0 aromatic heterocycles. The fraction of sp³-hybridized carbons (Fsp3) is 0.571. The number of hydrogen-bond acceptors (Lipinski definition) is 2. The lowest BCUT2D eigenvalue weighted by atomic mass is 10.0. The molecule has 0 amide bonds. The quantitative estimate of drug-likeness (QED) is 0.718. The van der Waals surface area contributed by atoms with Crippen LogP contribution in [0.2, 0.25) is 0 Å². The zero-order valence-electron chi connectivity index (χ0n) is 10.4. The fourth-order valence-electron chi connectivity index (χ4n) is 1.63. The molecule has 0 aliphatic carbocycles. The van der Waals surface area contributed by atoms with E-state index in [0.29, 0.717) is 0 Å². The molecule has 2 N–H and O–H groups in total. The van der Waals surface area contributed by atoms with Crippen LogP contribution in [0.3, 0.4) is 0 Å². The number of rotatable bonds is 7. The summed E-state index contributed by atoms with van der Waals surface area (Å²) in [6.45, 7) is 5.88. The van der Waals surface area contributed by atoms with Crippen LogP contribution in [0.25, 0.3) is 0 Å². The number of hydrogen-bond donors (Lipinski definition) is 1. The summed E-state index contributed by atoms with van der Waals surface area (Å²) in [4.78, 5) is 0. The van der Waals surface area contributed by atoms with E-state index in [2.05, 4.69) is 38.1 Å². The molecule has 0 heterocycles. The van der Waals surface area contributed by atoms with Gasteiger partial charge in [0.25, 0.3) is 0 Å². The Bertz CT molecular complexity index is 299. The second-order valence-electron chi connectivity index (χ2n) is 4.28. The Balaban J connectivity index is 2.27. The van der Waals surface area contributed by atoms with E-state index in [-0.39, 0.29) is 6.04 Å². The lowest BCUT2D eigenvalue weighted by Crippen LogP contribution is -2.13. The predicted molar refractivity (Wildman–Crippen MR) is 68.5 cm³/mol. The van der Waals surface area contributed by atoms with Gasteiger partial charge in [0.1, 0.15) is 0 Å². The summed E-state index contributed by atoms with van der Waals surface area (Å²) in [5.41, 5.74) is 8.57. The van der Waals surface area contributed by atoms with E-state index in [1.807, 2.05) is 0 Å². The Hall–Kier alpha value is -0.860. The van der Waals surface area contributed by atoms with Gasteiger partial charge in [-0.25, -0.2) is 0 Å². The maximum absolute atomic E-state index is 6.10. The highest BCUT2D eigenvalue weighted by atomic mass is 16.5. The zero-order chi connectivity index (χ0) is 11.8. The van der Waals surface area contributed by atoms with Crippen molar-refractivity contribution in [1.29, 1.82) is 0 Å². The molecule has 1 aromatic carbocycles. The van der Waals surface area contributed by atoms with E-state index in [1.165, 1.54) is 17.5 Å². The molecule has 2 heteroatoms. The predicted octanol–water partition coefficient (Wildman–Crippen LogP) is 3.20. The molecule has 0 saturated heterocycles. The van der Waals surface area contributed by atoms with E-state index < -0.39 is 0 Å². The van der Waals surface area contributed by atoms with Crippen molar-refractivity contribution in [3.63, 3.8) is 0 Å². The van der Waals surface area contributed by atoms with Crippen molar-refractivity contribution in [3.8, 4) is 0 Å². The fourth-order valence-corrected chi connectivity index (χ4v) is 1.63. The molecule has 1 rings (SSSR count). The lowest BCUT2D eigenvalue weighted by Gasteiger charge is -2.12. The number of unbranched alkanes of at least 4 members (excludes halogenated alkanes) is 1. The summed E-state index contributed by atoms with van der Waals surface area (Å²) in [6.07, 6.45) is 3.22. The van der Waals surface area contributed by atoms with Gasteiger partial charge in [0.2, 0.25) is 0 Å². The molecule has 0 aliphatic heterocycles. The van der Waals surface area contributed by atoms with Crippen molar-refractivity contribution in [2.24, 2.45) is 5.73 Å². The van der Waals surface area contributed by atoms with E-state index in [4.69, 9.17) is 10.5 Å². The smallest absolute Gasteiger partial charge is 0.0484 e. The van der Waals surface area contributed by atoms with Crippen LogP contribution in [-0.4, -0.2) is 13.2 Å². The zero-order valence-corrected chi connectivity index (χ0v) is 10.4. The van der Waals surface area contributed by atoms with Crippen LogP contribution in [0, 0.1) is 6.92 Å². The summed E-state index contributed by atoms with van der Waals surface area (Å²) in [5, 5.41) is 0. The van der Waals surface area contributed by atoms with Gasteiger partial charge in [-0.2, -0.15) is 0 Å². The molecule has 1 atom stereocenters. The summed E-state index contributed by atoms with van der Waals surface area (Å²) in [6, 6.07) is 8.48. The molecule has 0 fully saturated rings. The van der Waals surface area contributed by atoms with Gasteiger partial charge >= 0.3 is 0 Å². The van der Waals surface area contributed by atoms with Crippen LogP contribution in [-0.2, 0) is 4.74 Å². The minimum absolute atomic E-state index is 0.0986. The summed E-state index contributed by atoms with van der Waals surface area (Å²) < 4.78 is 5.52. The van der Waals surface area contributed by atoms with Crippen molar-refractivity contribution >= 4 is 0 Å². The van der Waals surface area contributed by atoms with Gasteiger partial charge in [0.05, 0.1) is 0 Å². The first kappa shape index (κ1) is 13.2. The first-order valence-electron chi connectivity index (χ1n) is 6.14. The van der Waals surface area contributed by atoms with Crippen molar-refractivity contribution in [1.82, 2.24) is 0 Å². The average Bonchev–Trinajstić information content (AvgIpc) is 2.28. The molecule has 16 heavy (non-hydrogen) atoms. The maximum atomic E-state index is 6.10. The highest BCUT2D eigenvalue weighted by molar-refractivity contribution is 5.24. The number of aryl methyl sites for hydroxylation is 1. The van der Waals surface area contributed by atoms with Gasteiger partial charge < -0.3 is 10.5 Å². The largest absolute Gasteiger partial charge is 0.381 e. The molecule has 0 aliphatic rings. The topological polar surface area (TPSA) is 35.2 Å². The van der Waals surface area contributed by atoms with E-state index in [1.54, 1.807) is 0 Å². The Labute approximate surface area is 98.8 Å². The maximum Gasteiger partial charge on any atom is 0.0484 e. The standard InChI is InChI=1S/C14H23NO/c1-3-4-9-16-10-8-14(15)13-7-5-6-12(2)11-13/h5-7,11,14H,3-4,8-10,15H2,1-2H3. The van der Waals surface area contributed by atoms with E-state index in [0.717, 1.165) is 26.1 Å². The number of ether oxygens (including phenoxy) is 1. The van der Waals surface area contributed by atoms with Crippen molar-refractivity contribution in [2.75, 3.05) is 13.2 Å². The summed E-state index contributed by atoms with van der Waals surface area (Å²) in [7, 11) is 0. The van der Waals surface area contributed by atoms with Gasteiger partial charge in [-0.1, -0.05) is 43.2 Å². The van der Waals surface area contributed by atoms with Crippen LogP contribution in [0.5, 0.6) is 0 Å². The minimum atomic E-state index is 0.0986. The highest BCUT2D eigenvalue weighted by Gasteiger charge is 2.05. The third-order valence-electron chi connectivity index (χ3n) is 2.69. The minimum Gasteiger partial charge on any atom is -0.381 e. The van der Waals surface area contributed by atoms with Gasteiger partial charge in [0.15, 0.2) is 0 Å². The molecule has 90 valence electrons. The van der Waals surface area contributed by atoms with Gasteiger partial charge in [-0.3, -0.25) is 0 Å². The molecule has 0 radical (unpaired) electrons. The SMILES string of the molecule is CCCCOCCC(N)c1cccc(C)c1. The Morgan fingerprint density at radius 1 is 1.31 bits per heavy atom. The second-order valence-corrected chi connectivity index (χ2v) is 4.28. The van der Waals surface area contributed by atoms with E-state index >= 15 is 0 Å².